The van der Waals surface area contributed by atoms with E-state index in [1.807, 2.05) is 26.0 Å². The molecule has 300 valence electrons. The van der Waals surface area contributed by atoms with E-state index in [1.54, 1.807) is 6.07 Å². The highest BCUT2D eigenvalue weighted by molar-refractivity contribution is 5.50. The lowest BCUT2D eigenvalue weighted by Gasteiger charge is -2.34. The molecule has 6 rings (SSSR count). The first-order valence-corrected chi connectivity index (χ1v) is 21.2. The molecule has 2 unspecified atom stereocenters. The third kappa shape index (κ3) is 8.91. The quantitative estimate of drug-likeness (QED) is 0.102. The number of rotatable bonds is 13. The predicted molar refractivity (Wildman–Crippen MR) is 233 cm³/mol. The summed E-state index contributed by atoms with van der Waals surface area (Å²) in [6, 6.07) is 25.4. The number of aryl methyl sites for hydroxylation is 5. The van der Waals surface area contributed by atoms with Crippen LogP contribution in [0.15, 0.2) is 72.8 Å². The van der Waals surface area contributed by atoms with Crippen LogP contribution < -0.4 is 0 Å². The lowest BCUT2D eigenvalue weighted by Crippen LogP contribution is -2.26. The van der Waals surface area contributed by atoms with Crippen LogP contribution in [0, 0.1) is 50.4 Å². The van der Waals surface area contributed by atoms with Gasteiger partial charge in [0.25, 0.3) is 0 Å². The van der Waals surface area contributed by atoms with E-state index in [4.69, 9.17) is 0 Å². The van der Waals surface area contributed by atoms with Gasteiger partial charge in [0.1, 0.15) is 17.6 Å². The molecule has 0 amide bonds. The highest BCUT2D eigenvalue weighted by atomic mass is 16.3. The Labute approximate surface area is 338 Å². The van der Waals surface area contributed by atoms with Crippen molar-refractivity contribution >= 4 is 0 Å². The van der Waals surface area contributed by atoms with Crippen molar-refractivity contribution in [3.05, 3.63) is 128 Å². The predicted octanol–water partition coefficient (Wildman–Crippen LogP) is 11.8. The van der Waals surface area contributed by atoms with Crippen molar-refractivity contribution in [3.8, 4) is 23.3 Å². The first-order valence-electron chi connectivity index (χ1n) is 21.2. The van der Waals surface area contributed by atoms with E-state index in [0.29, 0.717) is 11.5 Å². The average Bonchev–Trinajstić information content (AvgIpc) is 4.13. The van der Waals surface area contributed by atoms with E-state index in [9.17, 15) is 20.4 Å². The van der Waals surface area contributed by atoms with Gasteiger partial charge in [0.15, 0.2) is 0 Å². The molecule has 4 nitrogen and oxygen atoms in total. The van der Waals surface area contributed by atoms with E-state index in [1.165, 1.54) is 33.4 Å². The lowest BCUT2D eigenvalue weighted by molar-refractivity contribution is 0.0945. The van der Waals surface area contributed by atoms with Crippen LogP contribution in [-0.4, -0.2) is 32.6 Å². The molecule has 2 aliphatic carbocycles. The summed E-state index contributed by atoms with van der Waals surface area (Å²) < 4.78 is 0. The summed E-state index contributed by atoms with van der Waals surface area (Å²) in [4.78, 5) is 0. The summed E-state index contributed by atoms with van der Waals surface area (Å²) in [7, 11) is 0. The van der Waals surface area contributed by atoms with Gasteiger partial charge in [0, 0.05) is 21.8 Å². The van der Waals surface area contributed by atoms with E-state index in [2.05, 4.69) is 122 Å². The Morgan fingerprint density at radius 1 is 0.571 bits per heavy atom. The maximum atomic E-state index is 10.4. The Kier molecular flexibility index (Phi) is 13.2. The number of aliphatic hydroxyl groups excluding tert-OH is 2. The van der Waals surface area contributed by atoms with Crippen LogP contribution in [0.5, 0.6) is 11.5 Å². The van der Waals surface area contributed by atoms with Gasteiger partial charge in [0.05, 0.1) is 6.10 Å². The molecule has 0 saturated heterocycles. The zero-order valence-electron chi connectivity index (χ0n) is 35.9. The molecule has 4 aromatic carbocycles. The number of aromatic hydroxyl groups is 2. The Morgan fingerprint density at radius 2 is 0.982 bits per heavy atom. The highest BCUT2D eigenvalue weighted by Crippen LogP contribution is 2.50. The van der Waals surface area contributed by atoms with E-state index >= 15 is 0 Å². The molecule has 4 aromatic rings. The lowest BCUT2D eigenvalue weighted by atomic mass is 9.69. The smallest absolute Gasteiger partial charge is 0.120 e. The van der Waals surface area contributed by atoms with Crippen molar-refractivity contribution in [3.63, 3.8) is 0 Å². The molecule has 0 spiro atoms. The minimum Gasteiger partial charge on any atom is -0.508 e. The van der Waals surface area contributed by atoms with Crippen molar-refractivity contribution in [1.29, 1.82) is 0 Å². The van der Waals surface area contributed by atoms with Gasteiger partial charge in [-0.1, -0.05) is 108 Å². The van der Waals surface area contributed by atoms with Gasteiger partial charge in [-0.05, 0) is 166 Å². The third-order valence-corrected chi connectivity index (χ3v) is 14.2. The fourth-order valence-electron chi connectivity index (χ4n) is 8.71. The molecule has 2 saturated carbocycles. The van der Waals surface area contributed by atoms with Crippen LogP contribution in [0.1, 0.15) is 155 Å². The summed E-state index contributed by atoms with van der Waals surface area (Å²) in [5.41, 5.74) is 11.8. The average molecular weight is 757 g/mol. The number of phenols is 2. The van der Waals surface area contributed by atoms with Crippen molar-refractivity contribution < 1.29 is 20.4 Å². The number of benzene rings is 4. The van der Waals surface area contributed by atoms with Gasteiger partial charge in [0.2, 0.25) is 0 Å². The second-order valence-corrected chi connectivity index (χ2v) is 17.8. The summed E-state index contributed by atoms with van der Waals surface area (Å²) in [6.45, 7) is 21.5. The summed E-state index contributed by atoms with van der Waals surface area (Å²) >= 11 is 0. The Hall–Kier alpha value is -4.04. The summed E-state index contributed by atoms with van der Waals surface area (Å²) in [5.74, 6) is 6.95. The normalized spacial score (nSPS) is 16.5. The van der Waals surface area contributed by atoms with Crippen molar-refractivity contribution in [2.75, 3.05) is 0 Å². The zero-order chi connectivity index (χ0) is 41.1. The van der Waals surface area contributed by atoms with Crippen LogP contribution in [0.25, 0.3) is 0 Å². The molecule has 0 aromatic heterocycles. The number of aliphatic hydroxyl groups is 2. The largest absolute Gasteiger partial charge is 0.508 e. The first-order chi connectivity index (χ1) is 26.5. The van der Waals surface area contributed by atoms with Gasteiger partial charge in [-0.25, -0.2) is 0 Å². The highest BCUT2D eigenvalue weighted by Gasteiger charge is 2.44. The van der Waals surface area contributed by atoms with Crippen LogP contribution in [0.3, 0.4) is 0 Å². The topological polar surface area (TPSA) is 80.9 Å². The fourth-order valence-corrected chi connectivity index (χ4v) is 8.71. The molecular weight excluding hydrogens is 689 g/mol. The molecule has 56 heavy (non-hydrogen) atoms. The van der Waals surface area contributed by atoms with E-state index in [0.717, 1.165) is 86.5 Å². The molecule has 4 heteroatoms. The number of hydrogen-bond donors (Lipinski definition) is 4. The molecule has 0 radical (unpaired) electrons. The maximum absolute atomic E-state index is 10.4. The van der Waals surface area contributed by atoms with Crippen molar-refractivity contribution in [2.24, 2.45) is 10.8 Å². The minimum absolute atomic E-state index is 0.00283. The van der Waals surface area contributed by atoms with Crippen LogP contribution in [-0.2, 0) is 17.3 Å². The second-order valence-electron chi connectivity index (χ2n) is 17.8. The minimum atomic E-state index is -0.545. The van der Waals surface area contributed by atoms with Gasteiger partial charge in [-0.15, -0.1) is 0 Å². The summed E-state index contributed by atoms with van der Waals surface area (Å²) in [5, 5.41) is 40.6. The molecule has 2 aliphatic rings. The van der Waals surface area contributed by atoms with E-state index in [-0.39, 0.29) is 27.8 Å². The number of hydrogen-bond acceptors (Lipinski definition) is 4. The Bertz CT molecular complexity index is 2050. The molecule has 0 bridgehead atoms. The van der Waals surface area contributed by atoms with Crippen LogP contribution in [0.2, 0.25) is 0 Å². The third-order valence-electron chi connectivity index (χ3n) is 14.2. The molecule has 2 fully saturated rings. The standard InChI is InChI=1S/C26H36O2.C26H32O2/c2*1-6-26(7-2,22-11-12-23(27)19(4)17-22)21-10-8-20(18(3)16-21)9-13-24(28)25(5)14-15-25/h8,10-12,16-17,24,27-28H,6-7,9,13-15H2,1-5H3;8,10-12,16-17,24,27-28H,6-7,14-15H2,1-5H3. The van der Waals surface area contributed by atoms with Gasteiger partial charge < -0.3 is 20.4 Å². The van der Waals surface area contributed by atoms with Crippen molar-refractivity contribution in [2.45, 2.75) is 156 Å². The second kappa shape index (κ2) is 17.2. The van der Waals surface area contributed by atoms with Crippen LogP contribution >= 0.6 is 0 Å². The van der Waals surface area contributed by atoms with Gasteiger partial charge in [-0.3, -0.25) is 0 Å². The van der Waals surface area contributed by atoms with Crippen molar-refractivity contribution in [1.82, 2.24) is 0 Å². The first kappa shape index (κ1) is 43.1. The molecule has 2 atom stereocenters. The molecule has 0 aliphatic heterocycles. The van der Waals surface area contributed by atoms with E-state index < -0.39 is 6.10 Å². The molecule has 0 heterocycles. The van der Waals surface area contributed by atoms with Gasteiger partial charge >= 0.3 is 0 Å². The molecular formula is C52H68O4. The fraction of sp³-hybridized carbons (Fsp3) is 0.500. The Morgan fingerprint density at radius 3 is 1.38 bits per heavy atom. The SMILES string of the molecule is CCC(CC)(c1ccc(O)c(C)c1)c1ccc(C#CC(O)C2(C)CC2)c(C)c1.CCC(CC)(c1ccc(O)c(C)c1)c1ccc(CCC(O)C2(C)CC2)c(C)c1. The van der Waals surface area contributed by atoms with Crippen LogP contribution in [0.4, 0.5) is 0 Å². The zero-order valence-corrected chi connectivity index (χ0v) is 35.9. The van der Waals surface area contributed by atoms with Gasteiger partial charge in [-0.2, -0.15) is 0 Å². The summed E-state index contributed by atoms with van der Waals surface area (Å²) in [6.07, 6.45) is 9.49. The molecule has 4 N–H and O–H groups in total. The maximum Gasteiger partial charge on any atom is 0.120 e. The number of phenolic OH excluding ortho intramolecular Hbond substituents is 2. The monoisotopic (exact) mass is 757 g/mol. The Balaban J connectivity index is 0.000000214.